The average Bonchev–Trinajstić information content (AvgIpc) is 2.73. The molecule has 0 aliphatic heterocycles. The van der Waals surface area contributed by atoms with Crippen LogP contribution in [0.3, 0.4) is 0 Å². The molecular formula is C11H13BrN2O. The van der Waals surface area contributed by atoms with E-state index in [-0.39, 0.29) is 0 Å². The third kappa shape index (κ3) is 2.56. The van der Waals surface area contributed by atoms with Gasteiger partial charge in [0.05, 0.1) is 7.11 Å². The van der Waals surface area contributed by atoms with Crippen LogP contribution in [-0.4, -0.2) is 17.8 Å². The minimum Gasteiger partial charge on any atom is -0.493 e. The molecule has 80 valence electrons. The number of rotatable bonds is 2. The van der Waals surface area contributed by atoms with E-state index >= 15 is 0 Å². The largest absolute Gasteiger partial charge is 0.493 e. The van der Waals surface area contributed by atoms with Crippen molar-refractivity contribution in [2.24, 2.45) is 4.99 Å². The summed E-state index contributed by atoms with van der Waals surface area (Å²) in [4.78, 5) is 8.78. The maximum atomic E-state index is 5.24. The van der Waals surface area contributed by atoms with Gasteiger partial charge in [-0.25, -0.2) is 9.98 Å². The van der Waals surface area contributed by atoms with Gasteiger partial charge >= 0.3 is 0 Å². The molecule has 0 aromatic carbocycles. The molecule has 2 rings (SSSR count). The van der Waals surface area contributed by atoms with E-state index in [1.807, 2.05) is 6.07 Å². The van der Waals surface area contributed by atoms with Crippen LogP contribution in [0.4, 0.5) is 5.82 Å². The van der Waals surface area contributed by atoms with Crippen LogP contribution in [0.1, 0.15) is 25.7 Å². The number of aromatic nitrogens is 1. The third-order valence-corrected chi connectivity index (χ3v) is 2.90. The molecule has 0 bridgehead atoms. The fourth-order valence-electron chi connectivity index (χ4n) is 1.69. The SMILES string of the molecule is COc1cc(Br)cnc1N=C1CCCC1. The van der Waals surface area contributed by atoms with Gasteiger partial charge in [-0.3, -0.25) is 0 Å². The molecule has 1 aromatic heterocycles. The summed E-state index contributed by atoms with van der Waals surface area (Å²) >= 11 is 3.36. The van der Waals surface area contributed by atoms with Crippen LogP contribution in [0.2, 0.25) is 0 Å². The van der Waals surface area contributed by atoms with Gasteiger partial charge < -0.3 is 4.74 Å². The van der Waals surface area contributed by atoms with Crippen molar-refractivity contribution < 1.29 is 4.74 Å². The van der Waals surface area contributed by atoms with Crippen molar-refractivity contribution in [1.29, 1.82) is 0 Å². The first kappa shape index (κ1) is 10.6. The highest BCUT2D eigenvalue weighted by molar-refractivity contribution is 9.10. The summed E-state index contributed by atoms with van der Waals surface area (Å²) in [6.07, 6.45) is 6.44. The van der Waals surface area contributed by atoms with Gasteiger partial charge in [0, 0.05) is 16.4 Å². The van der Waals surface area contributed by atoms with Gasteiger partial charge in [-0.15, -0.1) is 0 Å². The summed E-state index contributed by atoms with van der Waals surface area (Å²) in [7, 11) is 1.64. The Hall–Kier alpha value is -0.900. The maximum absolute atomic E-state index is 5.24. The molecule has 0 unspecified atom stereocenters. The zero-order valence-electron chi connectivity index (χ0n) is 8.66. The summed E-state index contributed by atoms with van der Waals surface area (Å²) in [6, 6.07) is 1.89. The van der Waals surface area contributed by atoms with Crippen molar-refractivity contribution in [2.75, 3.05) is 7.11 Å². The fourth-order valence-corrected chi connectivity index (χ4v) is 2.00. The van der Waals surface area contributed by atoms with Crippen molar-refractivity contribution in [3.05, 3.63) is 16.7 Å². The molecule has 1 fully saturated rings. The van der Waals surface area contributed by atoms with E-state index in [2.05, 4.69) is 25.9 Å². The Balaban J connectivity index is 2.30. The molecular weight excluding hydrogens is 256 g/mol. The highest BCUT2D eigenvalue weighted by Gasteiger charge is 2.10. The lowest BCUT2D eigenvalue weighted by Gasteiger charge is -2.04. The lowest BCUT2D eigenvalue weighted by molar-refractivity contribution is 0.414. The van der Waals surface area contributed by atoms with E-state index < -0.39 is 0 Å². The normalized spacial score (nSPS) is 15.5. The molecule has 15 heavy (non-hydrogen) atoms. The Morgan fingerprint density at radius 2 is 2.13 bits per heavy atom. The minimum atomic E-state index is 0.692. The van der Waals surface area contributed by atoms with Crippen LogP contribution in [0.5, 0.6) is 5.75 Å². The topological polar surface area (TPSA) is 34.5 Å². The number of hydrogen-bond acceptors (Lipinski definition) is 3. The first-order chi connectivity index (χ1) is 7.29. The van der Waals surface area contributed by atoms with Crippen LogP contribution in [-0.2, 0) is 0 Å². The average molecular weight is 269 g/mol. The van der Waals surface area contributed by atoms with Gasteiger partial charge in [0.25, 0.3) is 0 Å². The van der Waals surface area contributed by atoms with Crippen molar-refractivity contribution in [1.82, 2.24) is 4.98 Å². The minimum absolute atomic E-state index is 0.692. The van der Waals surface area contributed by atoms with E-state index in [1.54, 1.807) is 13.3 Å². The van der Waals surface area contributed by atoms with E-state index in [0.717, 1.165) is 23.1 Å². The van der Waals surface area contributed by atoms with Crippen molar-refractivity contribution >= 4 is 27.5 Å². The Bertz CT molecular complexity index is 382. The molecule has 1 heterocycles. The summed E-state index contributed by atoms with van der Waals surface area (Å²) in [5.41, 5.74) is 1.24. The second kappa shape index (κ2) is 4.75. The quantitative estimate of drug-likeness (QED) is 0.823. The molecule has 0 atom stereocenters. The molecule has 0 N–H and O–H groups in total. The van der Waals surface area contributed by atoms with Crippen LogP contribution >= 0.6 is 15.9 Å². The number of hydrogen-bond donors (Lipinski definition) is 0. The molecule has 0 spiro atoms. The second-order valence-corrected chi connectivity index (χ2v) is 4.48. The zero-order valence-corrected chi connectivity index (χ0v) is 10.2. The smallest absolute Gasteiger partial charge is 0.194 e. The number of ether oxygens (including phenoxy) is 1. The van der Waals surface area contributed by atoms with Crippen molar-refractivity contribution in [3.63, 3.8) is 0 Å². The summed E-state index contributed by atoms with van der Waals surface area (Å²) in [5, 5.41) is 0. The van der Waals surface area contributed by atoms with E-state index in [1.165, 1.54) is 18.6 Å². The van der Waals surface area contributed by atoms with Gasteiger partial charge in [-0.05, 0) is 47.7 Å². The Morgan fingerprint density at radius 1 is 1.40 bits per heavy atom. The summed E-state index contributed by atoms with van der Waals surface area (Å²) in [5.74, 6) is 1.42. The molecule has 1 saturated carbocycles. The fraction of sp³-hybridized carbons (Fsp3) is 0.455. The zero-order chi connectivity index (χ0) is 10.7. The van der Waals surface area contributed by atoms with Crippen LogP contribution < -0.4 is 4.74 Å². The first-order valence-electron chi connectivity index (χ1n) is 5.05. The monoisotopic (exact) mass is 268 g/mol. The lowest BCUT2D eigenvalue weighted by Crippen LogP contribution is -1.91. The first-order valence-corrected chi connectivity index (χ1v) is 5.85. The second-order valence-electron chi connectivity index (χ2n) is 3.56. The molecule has 1 aromatic rings. The van der Waals surface area contributed by atoms with Crippen LogP contribution in [0, 0.1) is 0 Å². The molecule has 1 aliphatic carbocycles. The molecule has 4 heteroatoms. The Kier molecular flexibility index (Phi) is 3.36. The number of methoxy groups -OCH3 is 1. The maximum Gasteiger partial charge on any atom is 0.194 e. The number of nitrogens with zero attached hydrogens (tertiary/aromatic N) is 2. The van der Waals surface area contributed by atoms with Gasteiger partial charge in [-0.1, -0.05) is 0 Å². The summed E-state index contributed by atoms with van der Waals surface area (Å²) in [6.45, 7) is 0. The molecule has 0 saturated heterocycles. The number of halogens is 1. The van der Waals surface area contributed by atoms with Crippen molar-refractivity contribution in [3.8, 4) is 5.75 Å². The predicted octanol–water partition coefficient (Wildman–Crippen LogP) is 3.50. The van der Waals surface area contributed by atoms with Crippen LogP contribution in [0.25, 0.3) is 0 Å². The van der Waals surface area contributed by atoms with Crippen LogP contribution in [0.15, 0.2) is 21.7 Å². The highest BCUT2D eigenvalue weighted by Crippen LogP contribution is 2.29. The van der Waals surface area contributed by atoms with E-state index in [0.29, 0.717) is 5.82 Å². The van der Waals surface area contributed by atoms with E-state index in [4.69, 9.17) is 4.74 Å². The molecule has 1 aliphatic rings. The Morgan fingerprint density at radius 3 is 2.80 bits per heavy atom. The van der Waals surface area contributed by atoms with Crippen molar-refractivity contribution in [2.45, 2.75) is 25.7 Å². The van der Waals surface area contributed by atoms with Gasteiger partial charge in [-0.2, -0.15) is 0 Å². The third-order valence-electron chi connectivity index (χ3n) is 2.46. The number of pyridine rings is 1. The highest BCUT2D eigenvalue weighted by atomic mass is 79.9. The van der Waals surface area contributed by atoms with Gasteiger partial charge in [0.1, 0.15) is 0 Å². The van der Waals surface area contributed by atoms with E-state index in [9.17, 15) is 0 Å². The molecule has 0 amide bonds. The number of aliphatic imine (C=N–C) groups is 1. The molecule has 0 radical (unpaired) electrons. The lowest BCUT2D eigenvalue weighted by atomic mass is 10.3. The van der Waals surface area contributed by atoms with Gasteiger partial charge in [0.2, 0.25) is 0 Å². The summed E-state index contributed by atoms with van der Waals surface area (Å²) < 4.78 is 6.15. The van der Waals surface area contributed by atoms with Gasteiger partial charge in [0.15, 0.2) is 11.6 Å². The standard InChI is InChI=1S/C11H13BrN2O/c1-15-10-6-8(12)7-13-11(10)14-9-4-2-3-5-9/h6-7H,2-5H2,1H3. The Labute approximate surface area is 97.7 Å². The molecule has 3 nitrogen and oxygen atoms in total. The predicted molar refractivity (Wildman–Crippen MR) is 64.1 cm³/mol.